The lowest BCUT2D eigenvalue weighted by molar-refractivity contribution is -0.122. The summed E-state index contributed by atoms with van der Waals surface area (Å²) in [5, 5.41) is 0.908. The number of imide groups is 1. The van der Waals surface area contributed by atoms with Gasteiger partial charge in [0.15, 0.2) is 0 Å². The maximum atomic E-state index is 12.2. The number of nitrogens with zero attached hydrogens (tertiary/aromatic N) is 2. The molecule has 0 saturated carbocycles. The Labute approximate surface area is 133 Å². The summed E-state index contributed by atoms with van der Waals surface area (Å²) in [7, 11) is 0. The molecule has 0 radical (unpaired) electrons. The number of hydrogen-bond acceptors (Lipinski definition) is 3. The minimum absolute atomic E-state index is 0.189. The van der Waals surface area contributed by atoms with Crippen molar-refractivity contribution in [3.63, 3.8) is 0 Å². The minimum atomic E-state index is -0.195. The molecule has 1 saturated heterocycles. The van der Waals surface area contributed by atoms with E-state index in [1.807, 2.05) is 31.2 Å². The zero-order chi connectivity index (χ0) is 15.9. The smallest absolute Gasteiger partial charge is 0.293 e. The van der Waals surface area contributed by atoms with Crippen LogP contribution in [0, 0.1) is 0 Å². The van der Waals surface area contributed by atoms with Gasteiger partial charge in [-0.3, -0.25) is 14.5 Å². The maximum absolute atomic E-state index is 12.2. The Bertz CT molecular complexity index is 789. The number of carbonyl (C=O) groups excluding carboxylic acids is 2. The van der Waals surface area contributed by atoms with Crippen LogP contribution in [-0.2, 0) is 4.79 Å². The van der Waals surface area contributed by atoms with Crippen LogP contribution in [0.4, 0.5) is 4.79 Å². The monoisotopic (exact) mass is 314 g/mol. The lowest BCUT2D eigenvalue weighted by Gasteiger charge is -2.08. The van der Waals surface area contributed by atoms with E-state index >= 15 is 0 Å². The van der Waals surface area contributed by atoms with E-state index in [-0.39, 0.29) is 11.1 Å². The van der Waals surface area contributed by atoms with Crippen LogP contribution in [0.3, 0.4) is 0 Å². The normalized spacial score (nSPS) is 17.5. The lowest BCUT2D eigenvalue weighted by Crippen LogP contribution is -2.27. The summed E-state index contributed by atoms with van der Waals surface area (Å²) in [6.07, 6.45) is 3.89. The van der Waals surface area contributed by atoms with Crippen molar-refractivity contribution >= 4 is 39.9 Å². The molecule has 2 heterocycles. The number of hydrogen-bond donors (Lipinski definition) is 0. The average molecular weight is 314 g/mol. The molecule has 22 heavy (non-hydrogen) atoms. The zero-order valence-corrected chi connectivity index (χ0v) is 13.7. The highest BCUT2D eigenvalue weighted by Crippen LogP contribution is 2.34. The van der Waals surface area contributed by atoms with Crippen LogP contribution in [0.5, 0.6) is 0 Å². The van der Waals surface area contributed by atoms with Crippen molar-refractivity contribution in [1.82, 2.24) is 9.47 Å². The van der Waals surface area contributed by atoms with Crippen LogP contribution < -0.4 is 0 Å². The van der Waals surface area contributed by atoms with Gasteiger partial charge in [0.25, 0.3) is 11.1 Å². The fourth-order valence-electron chi connectivity index (χ4n) is 2.69. The topological polar surface area (TPSA) is 42.3 Å². The summed E-state index contributed by atoms with van der Waals surface area (Å²) >= 11 is 1.02. The molecule has 114 valence electrons. The first-order chi connectivity index (χ1) is 10.5. The van der Waals surface area contributed by atoms with E-state index in [9.17, 15) is 9.59 Å². The van der Waals surface area contributed by atoms with E-state index in [0.29, 0.717) is 17.5 Å². The number of thioether (sulfide) groups is 1. The summed E-state index contributed by atoms with van der Waals surface area (Å²) in [6.45, 7) is 6.47. The van der Waals surface area contributed by atoms with Gasteiger partial charge in [-0.1, -0.05) is 18.2 Å². The van der Waals surface area contributed by atoms with Crippen LogP contribution in [0.1, 0.15) is 32.4 Å². The third-order valence-corrected chi connectivity index (χ3v) is 4.71. The van der Waals surface area contributed by atoms with Crippen molar-refractivity contribution in [3.05, 3.63) is 40.9 Å². The molecule has 1 aliphatic rings. The fourth-order valence-corrected chi connectivity index (χ4v) is 3.58. The summed E-state index contributed by atoms with van der Waals surface area (Å²) in [5.74, 6) is -0.195. The van der Waals surface area contributed by atoms with Gasteiger partial charge >= 0.3 is 0 Å². The highest BCUT2D eigenvalue weighted by atomic mass is 32.2. The van der Waals surface area contributed by atoms with E-state index in [1.54, 1.807) is 0 Å². The molecule has 0 unspecified atom stereocenters. The van der Waals surface area contributed by atoms with Crippen molar-refractivity contribution in [3.8, 4) is 0 Å². The standard InChI is InChI=1S/C17H18N2O2S/c1-4-18-16(20)15(22-17(18)21)9-12-10-19(11(2)3)14-8-6-5-7-13(12)14/h5-11H,4H2,1-3H3. The second-order valence-electron chi connectivity index (χ2n) is 5.53. The molecule has 5 heteroatoms. The van der Waals surface area contributed by atoms with Gasteiger partial charge in [0.1, 0.15) is 0 Å². The van der Waals surface area contributed by atoms with Crippen LogP contribution in [0.2, 0.25) is 0 Å². The predicted octanol–water partition coefficient (Wildman–Crippen LogP) is 4.28. The van der Waals surface area contributed by atoms with E-state index < -0.39 is 0 Å². The van der Waals surface area contributed by atoms with Gasteiger partial charge in [0.05, 0.1) is 4.91 Å². The van der Waals surface area contributed by atoms with Gasteiger partial charge in [-0.05, 0) is 44.7 Å². The van der Waals surface area contributed by atoms with Crippen LogP contribution >= 0.6 is 11.8 Å². The molecule has 1 fully saturated rings. The second-order valence-corrected chi connectivity index (χ2v) is 6.52. The molecular formula is C17H18N2O2S. The lowest BCUT2D eigenvalue weighted by atomic mass is 10.1. The van der Waals surface area contributed by atoms with Gasteiger partial charge < -0.3 is 4.57 Å². The van der Waals surface area contributed by atoms with Crippen LogP contribution in [0.15, 0.2) is 35.4 Å². The highest BCUT2D eigenvalue weighted by molar-refractivity contribution is 8.18. The van der Waals surface area contributed by atoms with Gasteiger partial charge in [0.2, 0.25) is 0 Å². The van der Waals surface area contributed by atoms with Gasteiger partial charge in [-0.15, -0.1) is 0 Å². The quantitative estimate of drug-likeness (QED) is 0.794. The maximum Gasteiger partial charge on any atom is 0.293 e. The zero-order valence-electron chi connectivity index (χ0n) is 12.9. The molecule has 0 aliphatic carbocycles. The van der Waals surface area contributed by atoms with Gasteiger partial charge in [-0.2, -0.15) is 0 Å². The molecule has 3 rings (SSSR count). The molecule has 2 amide bonds. The van der Waals surface area contributed by atoms with Gasteiger partial charge in [0, 0.05) is 35.2 Å². The number of para-hydroxylation sites is 1. The number of benzene rings is 1. The number of rotatable bonds is 3. The van der Waals surface area contributed by atoms with E-state index in [0.717, 1.165) is 28.2 Å². The Morgan fingerprint density at radius 1 is 1.23 bits per heavy atom. The Balaban J connectivity index is 2.10. The van der Waals surface area contributed by atoms with Crippen molar-refractivity contribution in [2.45, 2.75) is 26.8 Å². The van der Waals surface area contributed by atoms with Crippen molar-refractivity contribution < 1.29 is 9.59 Å². The third-order valence-electron chi connectivity index (χ3n) is 3.80. The Kier molecular flexibility index (Phi) is 3.83. The van der Waals surface area contributed by atoms with Crippen molar-refractivity contribution in [1.29, 1.82) is 0 Å². The van der Waals surface area contributed by atoms with Crippen molar-refractivity contribution in [2.75, 3.05) is 6.54 Å². The third kappa shape index (κ3) is 2.35. The number of aromatic nitrogens is 1. The first-order valence-corrected chi connectivity index (χ1v) is 8.19. The summed E-state index contributed by atoms with van der Waals surface area (Å²) in [4.78, 5) is 25.8. The van der Waals surface area contributed by atoms with E-state index in [1.165, 1.54) is 4.90 Å². The molecule has 2 aromatic rings. The summed E-state index contributed by atoms with van der Waals surface area (Å²) < 4.78 is 2.19. The summed E-state index contributed by atoms with van der Waals surface area (Å²) in [6, 6.07) is 8.45. The van der Waals surface area contributed by atoms with Crippen LogP contribution in [-0.4, -0.2) is 27.2 Å². The molecule has 4 nitrogen and oxygen atoms in total. The Morgan fingerprint density at radius 2 is 1.95 bits per heavy atom. The molecule has 1 aliphatic heterocycles. The highest BCUT2D eigenvalue weighted by Gasteiger charge is 2.33. The SMILES string of the molecule is CCN1C(=O)SC(=Cc2cn(C(C)C)c3ccccc23)C1=O. The summed E-state index contributed by atoms with van der Waals surface area (Å²) in [5.41, 5.74) is 2.12. The molecule has 0 atom stereocenters. The number of carbonyl (C=O) groups is 2. The molecular weight excluding hydrogens is 296 g/mol. The van der Waals surface area contributed by atoms with E-state index in [4.69, 9.17) is 0 Å². The number of fused-ring (bicyclic) bond motifs is 1. The molecule has 0 N–H and O–H groups in total. The molecule has 0 bridgehead atoms. The van der Waals surface area contributed by atoms with E-state index in [2.05, 4.69) is 30.7 Å². The first-order valence-electron chi connectivity index (χ1n) is 7.38. The Hall–Kier alpha value is -2.01. The second kappa shape index (κ2) is 5.65. The largest absolute Gasteiger partial charge is 0.344 e. The molecule has 0 spiro atoms. The number of likely N-dealkylation sites (N-methyl/N-ethyl adjacent to an activating group) is 1. The van der Waals surface area contributed by atoms with Crippen LogP contribution in [0.25, 0.3) is 17.0 Å². The number of amides is 2. The minimum Gasteiger partial charge on any atom is -0.344 e. The predicted molar refractivity (Wildman–Crippen MR) is 90.7 cm³/mol. The molecule has 1 aromatic heterocycles. The fraction of sp³-hybridized carbons (Fsp3) is 0.294. The van der Waals surface area contributed by atoms with Crippen molar-refractivity contribution in [2.24, 2.45) is 0 Å². The first kappa shape index (κ1) is 14.9. The average Bonchev–Trinajstić information content (AvgIpc) is 2.98. The molecule has 1 aromatic carbocycles. The Morgan fingerprint density at radius 3 is 2.59 bits per heavy atom. The van der Waals surface area contributed by atoms with Gasteiger partial charge in [-0.25, -0.2) is 0 Å².